The van der Waals surface area contributed by atoms with Gasteiger partial charge in [-0.25, -0.2) is 0 Å². The van der Waals surface area contributed by atoms with Crippen LogP contribution < -0.4 is 4.74 Å². The van der Waals surface area contributed by atoms with Crippen LogP contribution in [0.2, 0.25) is 5.02 Å². The zero-order valence-corrected chi connectivity index (χ0v) is 10.8. The Bertz CT molecular complexity index is 459. The van der Waals surface area contributed by atoms with E-state index in [0.29, 0.717) is 16.5 Å². The van der Waals surface area contributed by atoms with Gasteiger partial charge < -0.3 is 9.84 Å². The second-order valence-electron chi connectivity index (χ2n) is 3.19. The molecule has 90 valence electrons. The summed E-state index contributed by atoms with van der Waals surface area (Å²) >= 11 is 11.3. The van der Waals surface area contributed by atoms with Crippen molar-refractivity contribution in [1.82, 2.24) is 0 Å². The summed E-state index contributed by atoms with van der Waals surface area (Å²) in [5, 5.41) is 10.5. The molecule has 0 aliphatic heterocycles. The SMILES string of the molecule is C=C(Cl)/C=C(O)\C(=C/C)Oc1ccc(Cl)cc1. The highest BCUT2D eigenvalue weighted by Gasteiger charge is 2.05. The first-order valence-electron chi connectivity index (χ1n) is 4.88. The quantitative estimate of drug-likeness (QED) is 0.628. The Kier molecular flexibility index (Phi) is 5.13. The summed E-state index contributed by atoms with van der Waals surface area (Å²) in [6, 6.07) is 6.81. The third kappa shape index (κ3) is 4.55. The molecule has 1 aromatic carbocycles. The first kappa shape index (κ1) is 13.7. The average molecular weight is 271 g/mol. The van der Waals surface area contributed by atoms with Gasteiger partial charge in [0.05, 0.1) is 0 Å². The fourth-order valence-corrected chi connectivity index (χ4v) is 1.34. The summed E-state index contributed by atoms with van der Waals surface area (Å²) in [7, 11) is 0. The molecule has 0 spiro atoms. The molecule has 4 heteroatoms. The van der Waals surface area contributed by atoms with Crippen LogP contribution in [0.3, 0.4) is 0 Å². The predicted molar refractivity (Wildman–Crippen MR) is 71.5 cm³/mol. The molecule has 1 N–H and O–H groups in total. The molecule has 0 fully saturated rings. The van der Waals surface area contributed by atoms with E-state index < -0.39 is 0 Å². The Labute approximate surface area is 110 Å². The molecule has 1 aromatic rings. The van der Waals surface area contributed by atoms with Crippen LogP contribution in [-0.2, 0) is 0 Å². The minimum Gasteiger partial charge on any atom is -0.504 e. The molecule has 0 saturated carbocycles. The standard InChI is InChI=1S/C13H12Cl2O2/c1-3-13(12(16)8-9(2)14)17-11-6-4-10(15)5-7-11/h3-8,16H,2H2,1H3/b12-8+,13-3+. The van der Waals surface area contributed by atoms with Crippen molar-refractivity contribution in [2.24, 2.45) is 0 Å². The second-order valence-corrected chi connectivity index (χ2v) is 4.11. The zero-order valence-electron chi connectivity index (χ0n) is 9.28. The van der Waals surface area contributed by atoms with Crippen LogP contribution in [-0.4, -0.2) is 5.11 Å². The Hall–Kier alpha value is -1.38. The van der Waals surface area contributed by atoms with Crippen molar-refractivity contribution in [3.05, 3.63) is 64.6 Å². The minimum atomic E-state index is -0.0811. The van der Waals surface area contributed by atoms with Crippen LogP contribution in [0.4, 0.5) is 0 Å². The first-order chi connectivity index (χ1) is 8.02. The number of halogens is 2. The lowest BCUT2D eigenvalue weighted by Crippen LogP contribution is -1.98. The topological polar surface area (TPSA) is 29.5 Å². The fraction of sp³-hybridized carbons (Fsp3) is 0.0769. The summed E-state index contributed by atoms with van der Waals surface area (Å²) in [5.74, 6) is 0.791. The molecule has 0 aliphatic carbocycles. The number of aliphatic hydroxyl groups is 1. The van der Waals surface area contributed by atoms with Gasteiger partial charge in [-0.3, -0.25) is 0 Å². The van der Waals surface area contributed by atoms with Crippen LogP contribution in [0.1, 0.15) is 6.92 Å². The number of benzene rings is 1. The number of rotatable bonds is 4. The van der Waals surface area contributed by atoms with Gasteiger partial charge in [0.15, 0.2) is 11.5 Å². The summed E-state index contributed by atoms with van der Waals surface area (Å²) in [6.45, 7) is 5.20. The van der Waals surface area contributed by atoms with Crippen LogP contribution in [0, 0.1) is 0 Å². The van der Waals surface area contributed by atoms with Crippen molar-refractivity contribution in [3.63, 3.8) is 0 Å². The maximum atomic E-state index is 9.69. The van der Waals surface area contributed by atoms with Crippen molar-refractivity contribution in [3.8, 4) is 5.75 Å². The summed E-state index contributed by atoms with van der Waals surface area (Å²) in [5.41, 5.74) is 0. The smallest absolute Gasteiger partial charge is 0.164 e. The lowest BCUT2D eigenvalue weighted by molar-refractivity contribution is 0.337. The molecule has 0 aromatic heterocycles. The highest BCUT2D eigenvalue weighted by molar-refractivity contribution is 6.31. The largest absolute Gasteiger partial charge is 0.504 e. The molecule has 0 bridgehead atoms. The molecule has 0 atom stereocenters. The predicted octanol–water partition coefficient (Wildman–Crippen LogP) is 4.82. The number of aliphatic hydroxyl groups excluding tert-OH is 1. The van der Waals surface area contributed by atoms with Crippen LogP contribution >= 0.6 is 23.2 Å². The lowest BCUT2D eigenvalue weighted by atomic mass is 10.3. The van der Waals surface area contributed by atoms with Crippen molar-refractivity contribution >= 4 is 23.2 Å². The van der Waals surface area contributed by atoms with E-state index in [1.165, 1.54) is 6.08 Å². The van der Waals surface area contributed by atoms with E-state index in [1.54, 1.807) is 37.3 Å². The van der Waals surface area contributed by atoms with Gasteiger partial charge in [-0.2, -0.15) is 0 Å². The molecule has 1 rings (SSSR count). The Morgan fingerprint density at radius 1 is 1.35 bits per heavy atom. The first-order valence-corrected chi connectivity index (χ1v) is 5.63. The Morgan fingerprint density at radius 3 is 2.41 bits per heavy atom. The van der Waals surface area contributed by atoms with Gasteiger partial charge in [0.1, 0.15) is 5.75 Å². The van der Waals surface area contributed by atoms with Gasteiger partial charge in [-0.1, -0.05) is 29.8 Å². The van der Waals surface area contributed by atoms with Crippen molar-refractivity contribution in [2.75, 3.05) is 0 Å². The number of hydrogen-bond acceptors (Lipinski definition) is 2. The number of ether oxygens (including phenoxy) is 1. The lowest BCUT2D eigenvalue weighted by Gasteiger charge is -2.09. The zero-order chi connectivity index (χ0) is 12.8. The monoisotopic (exact) mass is 270 g/mol. The summed E-state index contributed by atoms with van der Waals surface area (Å²) in [6.07, 6.45) is 2.94. The Morgan fingerprint density at radius 2 is 1.94 bits per heavy atom. The van der Waals surface area contributed by atoms with E-state index >= 15 is 0 Å². The van der Waals surface area contributed by atoms with Crippen molar-refractivity contribution < 1.29 is 9.84 Å². The molecule has 0 saturated heterocycles. The van der Waals surface area contributed by atoms with Gasteiger partial charge in [0, 0.05) is 16.1 Å². The number of allylic oxidation sites excluding steroid dienone is 3. The normalized spacial score (nSPS) is 12.4. The molecule has 0 aliphatic rings. The second kappa shape index (κ2) is 6.38. The van der Waals surface area contributed by atoms with Gasteiger partial charge >= 0.3 is 0 Å². The van der Waals surface area contributed by atoms with E-state index in [4.69, 9.17) is 27.9 Å². The molecular formula is C13H12Cl2O2. The van der Waals surface area contributed by atoms with Crippen LogP contribution in [0.25, 0.3) is 0 Å². The molecule has 17 heavy (non-hydrogen) atoms. The van der Waals surface area contributed by atoms with E-state index in [1.807, 2.05) is 0 Å². The summed E-state index contributed by atoms with van der Waals surface area (Å²) in [4.78, 5) is 0. The molecule has 2 nitrogen and oxygen atoms in total. The fourth-order valence-electron chi connectivity index (χ4n) is 1.11. The molecule has 0 heterocycles. The van der Waals surface area contributed by atoms with E-state index in [0.717, 1.165) is 0 Å². The maximum Gasteiger partial charge on any atom is 0.164 e. The highest BCUT2D eigenvalue weighted by atomic mass is 35.5. The molecule has 0 unspecified atom stereocenters. The van der Waals surface area contributed by atoms with E-state index in [-0.39, 0.29) is 10.8 Å². The van der Waals surface area contributed by atoms with Gasteiger partial charge in [0.25, 0.3) is 0 Å². The van der Waals surface area contributed by atoms with E-state index in [9.17, 15) is 5.11 Å². The maximum absolute atomic E-state index is 9.69. The van der Waals surface area contributed by atoms with Crippen LogP contribution in [0.15, 0.2) is 59.5 Å². The Balaban J connectivity index is 2.85. The minimum absolute atomic E-state index is 0.0811. The van der Waals surface area contributed by atoms with Gasteiger partial charge in [-0.15, -0.1) is 0 Å². The third-order valence-corrected chi connectivity index (χ3v) is 2.21. The molecule has 0 amide bonds. The van der Waals surface area contributed by atoms with E-state index in [2.05, 4.69) is 6.58 Å². The summed E-state index contributed by atoms with van der Waals surface area (Å²) < 4.78 is 5.47. The van der Waals surface area contributed by atoms with Crippen LogP contribution in [0.5, 0.6) is 5.75 Å². The average Bonchev–Trinajstić information content (AvgIpc) is 2.27. The van der Waals surface area contributed by atoms with Crippen molar-refractivity contribution in [2.45, 2.75) is 6.92 Å². The van der Waals surface area contributed by atoms with Gasteiger partial charge in [0.2, 0.25) is 0 Å². The molecular weight excluding hydrogens is 259 g/mol. The molecule has 0 radical (unpaired) electrons. The third-order valence-electron chi connectivity index (χ3n) is 1.85. The van der Waals surface area contributed by atoms with Gasteiger partial charge in [-0.05, 0) is 37.3 Å². The van der Waals surface area contributed by atoms with Crippen molar-refractivity contribution in [1.29, 1.82) is 0 Å². The number of hydrogen-bond donors (Lipinski definition) is 1. The highest BCUT2D eigenvalue weighted by Crippen LogP contribution is 2.20.